The van der Waals surface area contributed by atoms with Crippen molar-refractivity contribution < 1.29 is 0 Å². The van der Waals surface area contributed by atoms with Crippen molar-refractivity contribution in [2.24, 2.45) is 5.73 Å². The van der Waals surface area contributed by atoms with Gasteiger partial charge in [0, 0.05) is 18.1 Å². The molecule has 2 rings (SSSR count). The third kappa shape index (κ3) is 3.12. The van der Waals surface area contributed by atoms with Crippen molar-refractivity contribution in [2.75, 3.05) is 0 Å². The summed E-state index contributed by atoms with van der Waals surface area (Å²) in [6, 6.07) is 7.88. The fourth-order valence-corrected chi connectivity index (χ4v) is 2.67. The number of hydrogen-bond acceptors (Lipinski definition) is 2. The summed E-state index contributed by atoms with van der Waals surface area (Å²) in [4.78, 5) is 0. The van der Waals surface area contributed by atoms with Gasteiger partial charge in [-0.3, -0.25) is 0 Å². The SMILES string of the molecule is CC(NC(C)C(C)N)c1ccc2c(c1)CCCC2. The van der Waals surface area contributed by atoms with Crippen molar-refractivity contribution in [1.29, 1.82) is 0 Å². The van der Waals surface area contributed by atoms with Crippen LogP contribution in [0, 0.1) is 0 Å². The molecule has 1 aromatic carbocycles. The highest BCUT2D eigenvalue weighted by Gasteiger charge is 2.15. The molecule has 0 amide bonds. The minimum atomic E-state index is 0.185. The summed E-state index contributed by atoms with van der Waals surface area (Å²) in [6.07, 6.45) is 5.20. The second-order valence-electron chi connectivity index (χ2n) is 5.77. The third-order valence-electron chi connectivity index (χ3n) is 4.17. The molecule has 3 unspecified atom stereocenters. The van der Waals surface area contributed by atoms with Crippen LogP contribution in [-0.2, 0) is 12.8 Å². The molecule has 2 heteroatoms. The van der Waals surface area contributed by atoms with E-state index in [2.05, 4.69) is 44.3 Å². The van der Waals surface area contributed by atoms with E-state index in [1.807, 2.05) is 0 Å². The van der Waals surface area contributed by atoms with E-state index in [4.69, 9.17) is 5.73 Å². The second kappa shape index (κ2) is 5.85. The van der Waals surface area contributed by atoms with Crippen molar-refractivity contribution in [1.82, 2.24) is 5.32 Å². The van der Waals surface area contributed by atoms with E-state index in [0.717, 1.165) is 0 Å². The average molecular weight is 246 g/mol. The van der Waals surface area contributed by atoms with Gasteiger partial charge in [0.1, 0.15) is 0 Å². The van der Waals surface area contributed by atoms with Crippen LogP contribution in [0.3, 0.4) is 0 Å². The summed E-state index contributed by atoms with van der Waals surface area (Å²) in [6.45, 7) is 6.43. The van der Waals surface area contributed by atoms with Gasteiger partial charge < -0.3 is 11.1 Å². The summed E-state index contributed by atoms with van der Waals surface area (Å²) >= 11 is 0. The molecule has 0 fully saturated rings. The lowest BCUT2D eigenvalue weighted by Crippen LogP contribution is -2.42. The van der Waals surface area contributed by atoms with E-state index in [1.54, 1.807) is 11.1 Å². The first-order valence-electron chi connectivity index (χ1n) is 7.21. The van der Waals surface area contributed by atoms with Gasteiger partial charge in [0.25, 0.3) is 0 Å². The zero-order valence-corrected chi connectivity index (χ0v) is 11.9. The molecular formula is C16H26N2. The second-order valence-corrected chi connectivity index (χ2v) is 5.77. The number of nitrogens with two attached hydrogens (primary N) is 1. The number of nitrogens with one attached hydrogen (secondary N) is 1. The van der Waals surface area contributed by atoms with Crippen LogP contribution in [0.25, 0.3) is 0 Å². The Labute approximate surface area is 111 Å². The van der Waals surface area contributed by atoms with E-state index < -0.39 is 0 Å². The summed E-state index contributed by atoms with van der Waals surface area (Å²) in [7, 11) is 0. The number of benzene rings is 1. The van der Waals surface area contributed by atoms with E-state index in [1.165, 1.54) is 31.2 Å². The molecule has 0 radical (unpaired) electrons. The maximum absolute atomic E-state index is 5.91. The Balaban J connectivity index is 2.08. The molecule has 100 valence electrons. The predicted molar refractivity (Wildman–Crippen MR) is 77.7 cm³/mol. The van der Waals surface area contributed by atoms with Crippen LogP contribution in [0.15, 0.2) is 18.2 Å². The Kier molecular flexibility index (Phi) is 4.41. The summed E-state index contributed by atoms with van der Waals surface area (Å²) in [5, 5.41) is 3.58. The average Bonchev–Trinajstić information content (AvgIpc) is 2.37. The topological polar surface area (TPSA) is 38.0 Å². The van der Waals surface area contributed by atoms with Crippen LogP contribution in [-0.4, -0.2) is 12.1 Å². The molecule has 3 N–H and O–H groups in total. The smallest absolute Gasteiger partial charge is 0.0294 e. The Hall–Kier alpha value is -0.860. The van der Waals surface area contributed by atoms with Gasteiger partial charge in [0.15, 0.2) is 0 Å². The third-order valence-corrected chi connectivity index (χ3v) is 4.17. The van der Waals surface area contributed by atoms with Crippen molar-refractivity contribution >= 4 is 0 Å². The van der Waals surface area contributed by atoms with Gasteiger partial charge in [-0.25, -0.2) is 0 Å². The van der Waals surface area contributed by atoms with Gasteiger partial charge >= 0.3 is 0 Å². The molecule has 0 bridgehead atoms. The van der Waals surface area contributed by atoms with Gasteiger partial charge in [0.2, 0.25) is 0 Å². The molecule has 1 aliphatic rings. The largest absolute Gasteiger partial charge is 0.327 e. The lowest BCUT2D eigenvalue weighted by Gasteiger charge is -2.24. The first-order chi connectivity index (χ1) is 8.58. The van der Waals surface area contributed by atoms with E-state index in [0.29, 0.717) is 12.1 Å². The predicted octanol–water partition coefficient (Wildman–Crippen LogP) is 2.95. The molecule has 0 aliphatic heterocycles. The fraction of sp³-hybridized carbons (Fsp3) is 0.625. The normalized spacial score (nSPS) is 20.0. The molecular weight excluding hydrogens is 220 g/mol. The number of rotatable bonds is 4. The molecule has 0 aromatic heterocycles. The summed E-state index contributed by atoms with van der Waals surface area (Å²) in [5.74, 6) is 0. The van der Waals surface area contributed by atoms with Gasteiger partial charge in [0.05, 0.1) is 0 Å². The minimum Gasteiger partial charge on any atom is -0.327 e. The fourth-order valence-electron chi connectivity index (χ4n) is 2.67. The maximum atomic E-state index is 5.91. The maximum Gasteiger partial charge on any atom is 0.0294 e. The van der Waals surface area contributed by atoms with Gasteiger partial charge in [-0.2, -0.15) is 0 Å². The van der Waals surface area contributed by atoms with Gasteiger partial charge in [-0.05, 0) is 63.1 Å². The van der Waals surface area contributed by atoms with Crippen LogP contribution < -0.4 is 11.1 Å². The lowest BCUT2D eigenvalue weighted by molar-refractivity contribution is 0.429. The Morgan fingerprint density at radius 3 is 2.39 bits per heavy atom. The van der Waals surface area contributed by atoms with Crippen molar-refractivity contribution in [2.45, 2.75) is 64.6 Å². The van der Waals surface area contributed by atoms with E-state index in [-0.39, 0.29) is 6.04 Å². The monoisotopic (exact) mass is 246 g/mol. The number of hydrogen-bond donors (Lipinski definition) is 2. The van der Waals surface area contributed by atoms with Crippen molar-refractivity contribution in [3.05, 3.63) is 34.9 Å². The van der Waals surface area contributed by atoms with Crippen LogP contribution >= 0.6 is 0 Å². The number of fused-ring (bicyclic) bond motifs is 1. The Bertz CT molecular complexity index is 398. The highest BCUT2D eigenvalue weighted by atomic mass is 15.0. The molecule has 1 aromatic rings. The van der Waals surface area contributed by atoms with E-state index in [9.17, 15) is 0 Å². The molecule has 18 heavy (non-hydrogen) atoms. The van der Waals surface area contributed by atoms with Crippen LogP contribution in [0.4, 0.5) is 0 Å². The first kappa shape index (κ1) is 13.6. The Morgan fingerprint density at radius 2 is 1.72 bits per heavy atom. The van der Waals surface area contributed by atoms with Gasteiger partial charge in [-0.1, -0.05) is 18.2 Å². The zero-order valence-electron chi connectivity index (χ0n) is 11.9. The highest BCUT2D eigenvalue weighted by molar-refractivity contribution is 5.35. The highest BCUT2D eigenvalue weighted by Crippen LogP contribution is 2.24. The standard InChI is InChI=1S/C16H26N2/c1-11(17)12(2)18-13(3)15-9-8-14-6-4-5-7-16(14)10-15/h8-13,18H,4-7,17H2,1-3H3. The summed E-state index contributed by atoms with van der Waals surface area (Å²) < 4.78 is 0. The molecule has 2 nitrogen and oxygen atoms in total. The molecule has 1 aliphatic carbocycles. The first-order valence-corrected chi connectivity index (χ1v) is 7.21. The molecule has 0 spiro atoms. The molecule has 0 saturated carbocycles. The molecule has 0 saturated heterocycles. The van der Waals surface area contributed by atoms with Crippen LogP contribution in [0.2, 0.25) is 0 Å². The van der Waals surface area contributed by atoms with Crippen LogP contribution in [0.5, 0.6) is 0 Å². The van der Waals surface area contributed by atoms with E-state index >= 15 is 0 Å². The zero-order chi connectivity index (χ0) is 13.1. The molecule has 3 atom stereocenters. The lowest BCUT2D eigenvalue weighted by atomic mass is 9.89. The quantitative estimate of drug-likeness (QED) is 0.857. The van der Waals surface area contributed by atoms with Crippen molar-refractivity contribution in [3.63, 3.8) is 0 Å². The minimum absolute atomic E-state index is 0.185. The summed E-state index contributed by atoms with van der Waals surface area (Å²) in [5.41, 5.74) is 10.4. The Morgan fingerprint density at radius 1 is 1.06 bits per heavy atom. The van der Waals surface area contributed by atoms with Gasteiger partial charge in [-0.15, -0.1) is 0 Å². The van der Waals surface area contributed by atoms with Crippen molar-refractivity contribution in [3.8, 4) is 0 Å². The molecule has 0 heterocycles. The number of aryl methyl sites for hydroxylation is 2. The van der Waals surface area contributed by atoms with Crippen LogP contribution in [0.1, 0.15) is 56.3 Å².